The first kappa shape index (κ1) is 20.0. The summed E-state index contributed by atoms with van der Waals surface area (Å²) >= 11 is 6.44. The number of carbonyl (C=O) groups is 2. The van der Waals surface area contributed by atoms with Gasteiger partial charge in [-0.05, 0) is 55.0 Å². The number of hydrogen-bond donors (Lipinski definition) is 0. The van der Waals surface area contributed by atoms with Crippen LogP contribution in [0.5, 0.6) is 11.5 Å². The molecule has 1 heterocycles. The van der Waals surface area contributed by atoms with Crippen LogP contribution in [0.3, 0.4) is 0 Å². The average molecular weight is 417 g/mol. The highest BCUT2D eigenvalue weighted by atomic mass is 32.2. The number of ether oxygens (including phenoxy) is 2. The number of methoxy groups -OCH3 is 1. The number of thioether (sulfide) groups is 1. The number of hydrogen-bond acceptors (Lipinski definition) is 6. The molecule has 144 valence electrons. The Balaban J connectivity index is 1.82. The van der Waals surface area contributed by atoms with Gasteiger partial charge in [0.1, 0.15) is 10.1 Å². The van der Waals surface area contributed by atoms with Gasteiger partial charge in [-0.1, -0.05) is 30.0 Å². The van der Waals surface area contributed by atoms with Crippen molar-refractivity contribution in [3.8, 4) is 11.5 Å². The van der Waals surface area contributed by atoms with Crippen LogP contribution in [0.4, 0.5) is 4.39 Å². The number of thiocarbonyl (C=S) groups is 1. The van der Waals surface area contributed by atoms with Gasteiger partial charge < -0.3 is 9.47 Å². The second kappa shape index (κ2) is 8.53. The predicted octanol–water partition coefficient (Wildman–Crippen LogP) is 4.27. The van der Waals surface area contributed by atoms with Gasteiger partial charge in [0.25, 0.3) is 5.91 Å². The molecule has 0 N–H and O–H groups in total. The van der Waals surface area contributed by atoms with Gasteiger partial charge in [-0.3, -0.25) is 9.69 Å². The molecule has 1 amide bonds. The minimum absolute atomic E-state index is 0.136. The highest BCUT2D eigenvalue weighted by molar-refractivity contribution is 8.26. The molecule has 2 aromatic carbocycles. The summed E-state index contributed by atoms with van der Waals surface area (Å²) in [6.07, 6.45) is 1.71. The van der Waals surface area contributed by atoms with Crippen LogP contribution in [0.1, 0.15) is 22.8 Å². The third-order valence-corrected chi connectivity index (χ3v) is 5.34. The Kier molecular flexibility index (Phi) is 6.11. The van der Waals surface area contributed by atoms with Gasteiger partial charge >= 0.3 is 5.97 Å². The van der Waals surface area contributed by atoms with E-state index in [9.17, 15) is 14.0 Å². The molecule has 0 spiro atoms. The van der Waals surface area contributed by atoms with Gasteiger partial charge in [0.2, 0.25) is 0 Å². The molecule has 1 aliphatic rings. The number of nitrogens with zero attached hydrogens (tertiary/aromatic N) is 1. The van der Waals surface area contributed by atoms with Crippen LogP contribution in [-0.4, -0.2) is 34.8 Å². The fourth-order valence-electron chi connectivity index (χ4n) is 2.53. The summed E-state index contributed by atoms with van der Waals surface area (Å²) in [4.78, 5) is 26.6. The first-order valence-corrected chi connectivity index (χ1v) is 9.56. The maximum atomic E-state index is 13.0. The first-order valence-electron chi connectivity index (χ1n) is 8.34. The highest BCUT2D eigenvalue weighted by Crippen LogP contribution is 2.34. The fraction of sp³-hybridized carbons (Fsp3) is 0.150. The van der Waals surface area contributed by atoms with Crippen molar-refractivity contribution < 1.29 is 23.5 Å². The van der Waals surface area contributed by atoms with E-state index in [1.807, 2.05) is 6.92 Å². The van der Waals surface area contributed by atoms with Crippen molar-refractivity contribution >= 4 is 46.3 Å². The van der Waals surface area contributed by atoms with Gasteiger partial charge in [-0.25, -0.2) is 9.18 Å². The molecule has 1 aliphatic heterocycles. The molecule has 3 rings (SSSR count). The van der Waals surface area contributed by atoms with Gasteiger partial charge in [0.15, 0.2) is 11.5 Å². The van der Waals surface area contributed by atoms with Gasteiger partial charge in [-0.2, -0.15) is 0 Å². The van der Waals surface area contributed by atoms with Crippen molar-refractivity contribution in [1.82, 2.24) is 4.90 Å². The normalized spacial score (nSPS) is 15.2. The van der Waals surface area contributed by atoms with Crippen molar-refractivity contribution in [2.45, 2.75) is 6.92 Å². The molecule has 2 aromatic rings. The zero-order valence-electron chi connectivity index (χ0n) is 15.1. The lowest BCUT2D eigenvalue weighted by Crippen LogP contribution is -2.27. The molecule has 8 heteroatoms. The molecule has 0 atom stereocenters. The maximum absolute atomic E-state index is 13.0. The van der Waals surface area contributed by atoms with Crippen molar-refractivity contribution in [3.63, 3.8) is 0 Å². The topological polar surface area (TPSA) is 55.8 Å². The minimum Gasteiger partial charge on any atom is -0.493 e. The van der Waals surface area contributed by atoms with Crippen LogP contribution in [0, 0.1) is 5.82 Å². The SMILES string of the molecule is CCN1C(=O)/C(=C/c2ccc(OC(=O)c3ccc(F)cc3)c(OC)c2)SC1=S. The number of esters is 1. The second-order valence-electron chi connectivity index (χ2n) is 5.73. The van der Waals surface area contributed by atoms with Crippen molar-refractivity contribution in [3.05, 3.63) is 64.3 Å². The van der Waals surface area contributed by atoms with Crippen LogP contribution in [-0.2, 0) is 4.79 Å². The number of amides is 1. The van der Waals surface area contributed by atoms with Crippen molar-refractivity contribution in [1.29, 1.82) is 0 Å². The van der Waals surface area contributed by atoms with Crippen molar-refractivity contribution in [2.24, 2.45) is 0 Å². The molecule has 5 nitrogen and oxygen atoms in total. The Morgan fingerprint density at radius 2 is 1.93 bits per heavy atom. The zero-order valence-corrected chi connectivity index (χ0v) is 16.7. The second-order valence-corrected chi connectivity index (χ2v) is 7.41. The molecule has 0 bridgehead atoms. The fourth-order valence-corrected chi connectivity index (χ4v) is 3.91. The summed E-state index contributed by atoms with van der Waals surface area (Å²) in [5.74, 6) is -0.657. The Morgan fingerprint density at radius 1 is 1.21 bits per heavy atom. The molecule has 28 heavy (non-hydrogen) atoms. The maximum Gasteiger partial charge on any atom is 0.343 e. The molecule has 0 aromatic heterocycles. The van der Waals surface area contributed by atoms with Crippen LogP contribution in [0.25, 0.3) is 6.08 Å². The number of likely N-dealkylation sites (N-methyl/N-ethyl adjacent to an activating group) is 1. The number of halogens is 1. The van der Waals surface area contributed by atoms with E-state index in [-0.39, 0.29) is 17.2 Å². The zero-order chi connectivity index (χ0) is 20.3. The van der Waals surface area contributed by atoms with E-state index in [1.165, 1.54) is 48.0 Å². The largest absolute Gasteiger partial charge is 0.493 e. The van der Waals surface area contributed by atoms with Crippen LogP contribution < -0.4 is 9.47 Å². The van der Waals surface area contributed by atoms with E-state index in [2.05, 4.69) is 0 Å². The average Bonchev–Trinajstić information content (AvgIpc) is 2.95. The number of benzene rings is 2. The summed E-state index contributed by atoms with van der Waals surface area (Å²) < 4.78 is 24.2. The summed E-state index contributed by atoms with van der Waals surface area (Å²) in [7, 11) is 1.45. The monoisotopic (exact) mass is 417 g/mol. The smallest absolute Gasteiger partial charge is 0.343 e. The molecule has 0 unspecified atom stereocenters. The lowest BCUT2D eigenvalue weighted by atomic mass is 10.1. The Morgan fingerprint density at radius 3 is 2.54 bits per heavy atom. The van der Waals surface area contributed by atoms with Crippen LogP contribution in [0.15, 0.2) is 47.4 Å². The summed E-state index contributed by atoms with van der Waals surface area (Å²) in [5.41, 5.74) is 0.922. The Bertz CT molecular complexity index is 973. The number of rotatable bonds is 5. The van der Waals surface area contributed by atoms with Crippen molar-refractivity contribution in [2.75, 3.05) is 13.7 Å². The predicted molar refractivity (Wildman–Crippen MR) is 110 cm³/mol. The van der Waals surface area contributed by atoms with Gasteiger partial charge in [-0.15, -0.1) is 0 Å². The summed E-state index contributed by atoms with van der Waals surface area (Å²) in [6.45, 7) is 2.38. The van der Waals surface area contributed by atoms with E-state index in [0.29, 0.717) is 27.1 Å². The van der Waals surface area contributed by atoms with Gasteiger partial charge in [0.05, 0.1) is 17.6 Å². The first-order chi connectivity index (χ1) is 13.4. The molecule has 0 aliphatic carbocycles. The summed E-state index contributed by atoms with van der Waals surface area (Å²) in [5, 5.41) is 0. The third-order valence-electron chi connectivity index (χ3n) is 3.96. The minimum atomic E-state index is -0.630. The Labute approximate surface area is 171 Å². The molecule has 0 radical (unpaired) electrons. The number of carbonyl (C=O) groups excluding carboxylic acids is 2. The Hall–Kier alpha value is -2.71. The van der Waals surface area contributed by atoms with Gasteiger partial charge in [0, 0.05) is 6.54 Å². The standard InChI is InChI=1S/C20H16FNO4S2/c1-3-22-18(23)17(28-20(22)27)11-12-4-9-15(16(10-12)25-2)26-19(24)13-5-7-14(21)8-6-13/h4-11H,3H2,1-2H3/b17-11-. The molecule has 1 saturated heterocycles. The van der Waals surface area contributed by atoms with Crippen LogP contribution >= 0.6 is 24.0 Å². The molecular weight excluding hydrogens is 401 g/mol. The summed E-state index contributed by atoms with van der Waals surface area (Å²) in [6, 6.07) is 9.99. The van der Waals surface area contributed by atoms with Crippen LogP contribution in [0.2, 0.25) is 0 Å². The lowest BCUT2D eigenvalue weighted by Gasteiger charge is -2.10. The quantitative estimate of drug-likeness (QED) is 0.313. The molecule has 1 fully saturated rings. The van der Waals surface area contributed by atoms with E-state index >= 15 is 0 Å². The molecular formula is C20H16FNO4S2. The molecule has 0 saturated carbocycles. The van der Waals surface area contributed by atoms with E-state index in [4.69, 9.17) is 21.7 Å². The third kappa shape index (κ3) is 4.23. The van der Waals surface area contributed by atoms with E-state index in [1.54, 1.807) is 24.3 Å². The van der Waals surface area contributed by atoms with E-state index < -0.39 is 11.8 Å². The van der Waals surface area contributed by atoms with E-state index in [0.717, 1.165) is 0 Å². The highest BCUT2D eigenvalue weighted by Gasteiger charge is 2.30. The lowest BCUT2D eigenvalue weighted by molar-refractivity contribution is -0.121.